The second-order valence-corrected chi connectivity index (χ2v) is 8.61. The van der Waals surface area contributed by atoms with E-state index >= 15 is 0 Å². The number of amides is 1. The Kier molecular flexibility index (Phi) is 5.90. The Hall–Kier alpha value is -2.58. The zero-order chi connectivity index (χ0) is 20.3. The molecule has 0 atom stereocenters. The van der Waals surface area contributed by atoms with Gasteiger partial charge >= 0.3 is 0 Å². The standard InChI is InChI=1S/C20H21FN2O4S/c1-15(24)17-4-8-19(9-5-17)28(26,27)23-12-10-22(11-13-23)20(25)14-16-2-6-18(21)7-3-16/h2-9H,10-14H2,1H3. The molecule has 2 aromatic rings. The Morgan fingerprint density at radius 3 is 2.04 bits per heavy atom. The van der Waals surface area contributed by atoms with Crippen LogP contribution in [0.2, 0.25) is 0 Å². The summed E-state index contributed by atoms with van der Waals surface area (Å²) in [6, 6.07) is 11.6. The summed E-state index contributed by atoms with van der Waals surface area (Å²) >= 11 is 0. The Labute approximate surface area is 163 Å². The minimum Gasteiger partial charge on any atom is -0.340 e. The largest absolute Gasteiger partial charge is 0.340 e. The van der Waals surface area contributed by atoms with Crippen molar-refractivity contribution in [2.24, 2.45) is 0 Å². The number of hydrogen-bond acceptors (Lipinski definition) is 4. The molecule has 148 valence electrons. The van der Waals surface area contributed by atoms with E-state index in [1.165, 1.54) is 47.6 Å². The number of halogens is 1. The molecule has 0 bridgehead atoms. The Morgan fingerprint density at radius 2 is 1.50 bits per heavy atom. The number of carbonyl (C=O) groups excluding carboxylic acids is 2. The fraction of sp³-hybridized carbons (Fsp3) is 0.300. The molecule has 1 aliphatic rings. The molecule has 0 saturated carbocycles. The van der Waals surface area contributed by atoms with Crippen LogP contribution in [0, 0.1) is 5.82 Å². The molecular formula is C20H21FN2O4S. The molecule has 1 aliphatic heterocycles. The third-order valence-electron chi connectivity index (χ3n) is 4.76. The van der Waals surface area contributed by atoms with Gasteiger partial charge in [-0.2, -0.15) is 4.31 Å². The smallest absolute Gasteiger partial charge is 0.243 e. The first-order valence-electron chi connectivity index (χ1n) is 8.91. The van der Waals surface area contributed by atoms with Crippen LogP contribution in [0.3, 0.4) is 0 Å². The van der Waals surface area contributed by atoms with Gasteiger partial charge < -0.3 is 4.90 Å². The van der Waals surface area contributed by atoms with E-state index in [1.54, 1.807) is 17.0 Å². The zero-order valence-corrected chi connectivity index (χ0v) is 16.3. The van der Waals surface area contributed by atoms with Crippen molar-refractivity contribution in [1.82, 2.24) is 9.21 Å². The lowest BCUT2D eigenvalue weighted by Gasteiger charge is -2.34. The molecule has 1 amide bonds. The van der Waals surface area contributed by atoms with Crippen LogP contribution in [0.4, 0.5) is 4.39 Å². The van der Waals surface area contributed by atoms with Gasteiger partial charge in [0.05, 0.1) is 11.3 Å². The van der Waals surface area contributed by atoms with Crippen LogP contribution < -0.4 is 0 Å². The summed E-state index contributed by atoms with van der Waals surface area (Å²) in [5.41, 5.74) is 1.17. The van der Waals surface area contributed by atoms with Gasteiger partial charge in [0.1, 0.15) is 5.82 Å². The third-order valence-corrected chi connectivity index (χ3v) is 6.67. The van der Waals surface area contributed by atoms with Crippen molar-refractivity contribution >= 4 is 21.7 Å². The number of benzene rings is 2. The lowest BCUT2D eigenvalue weighted by molar-refractivity contribution is -0.131. The molecule has 0 aliphatic carbocycles. The van der Waals surface area contributed by atoms with E-state index in [4.69, 9.17) is 0 Å². The van der Waals surface area contributed by atoms with Crippen molar-refractivity contribution in [1.29, 1.82) is 0 Å². The highest BCUT2D eigenvalue weighted by Crippen LogP contribution is 2.19. The summed E-state index contributed by atoms with van der Waals surface area (Å²) in [4.78, 5) is 25.5. The van der Waals surface area contributed by atoms with Gasteiger partial charge in [0.15, 0.2) is 5.78 Å². The lowest BCUT2D eigenvalue weighted by Crippen LogP contribution is -2.50. The summed E-state index contributed by atoms with van der Waals surface area (Å²) < 4.78 is 39.8. The van der Waals surface area contributed by atoms with Crippen molar-refractivity contribution in [2.45, 2.75) is 18.2 Å². The van der Waals surface area contributed by atoms with Crippen LogP contribution >= 0.6 is 0 Å². The molecule has 0 aromatic heterocycles. The average Bonchev–Trinajstić information content (AvgIpc) is 2.70. The maximum Gasteiger partial charge on any atom is 0.243 e. The molecule has 0 N–H and O–H groups in total. The van der Waals surface area contributed by atoms with Crippen LogP contribution in [-0.2, 0) is 21.2 Å². The van der Waals surface area contributed by atoms with Crippen molar-refractivity contribution in [3.8, 4) is 0 Å². The first kappa shape index (κ1) is 20.2. The highest BCUT2D eigenvalue weighted by Gasteiger charge is 2.30. The molecule has 1 heterocycles. The van der Waals surface area contributed by atoms with Gasteiger partial charge in [0.2, 0.25) is 15.9 Å². The maximum absolute atomic E-state index is 13.0. The van der Waals surface area contributed by atoms with E-state index in [-0.39, 0.29) is 41.9 Å². The summed E-state index contributed by atoms with van der Waals surface area (Å²) in [7, 11) is -3.67. The number of rotatable bonds is 5. The van der Waals surface area contributed by atoms with Gasteiger partial charge in [-0.05, 0) is 36.8 Å². The van der Waals surface area contributed by atoms with E-state index < -0.39 is 10.0 Å². The molecule has 0 spiro atoms. The van der Waals surface area contributed by atoms with E-state index in [1.807, 2.05) is 0 Å². The first-order valence-corrected chi connectivity index (χ1v) is 10.3. The summed E-state index contributed by atoms with van der Waals surface area (Å²) in [5, 5.41) is 0. The molecule has 0 unspecified atom stereocenters. The van der Waals surface area contributed by atoms with Crippen LogP contribution in [0.5, 0.6) is 0 Å². The Bertz CT molecular complexity index is 964. The predicted molar refractivity (Wildman–Crippen MR) is 102 cm³/mol. The van der Waals surface area contributed by atoms with Gasteiger partial charge in [0.25, 0.3) is 0 Å². The van der Waals surface area contributed by atoms with E-state index in [0.717, 1.165) is 0 Å². The summed E-state index contributed by atoms with van der Waals surface area (Å²) in [6.45, 7) is 2.42. The fourth-order valence-corrected chi connectivity index (χ4v) is 4.50. The Balaban J connectivity index is 1.61. The number of piperazine rings is 1. The van der Waals surface area contributed by atoms with Crippen molar-refractivity contribution in [3.63, 3.8) is 0 Å². The van der Waals surface area contributed by atoms with Crippen molar-refractivity contribution in [3.05, 3.63) is 65.5 Å². The normalized spacial score (nSPS) is 15.4. The number of hydrogen-bond donors (Lipinski definition) is 0. The molecule has 6 nitrogen and oxygen atoms in total. The summed E-state index contributed by atoms with van der Waals surface area (Å²) in [6.07, 6.45) is 0.152. The molecule has 8 heteroatoms. The number of carbonyl (C=O) groups is 2. The predicted octanol–water partition coefficient (Wildman–Crippen LogP) is 2.10. The number of nitrogens with zero attached hydrogens (tertiary/aromatic N) is 2. The van der Waals surface area contributed by atoms with E-state index in [9.17, 15) is 22.4 Å². The fourth-order valence-electron chi connectivity index (χ4n) is 3.08. The van der Waals surface area contributed by atoms with Gasteiger partial charge in [-0.25, -0.2) is 12.8 Å². The molecule has 1 saturated heterocycles. The van der Waals surface area contributed by atoms with Gasteiger partial charge in [-0.15, -0.1) is 0 Å². The molecule has 3 rings (SSSR count). The summed E-state index contributed by atoms with van der Waals surface area (Å²) in [5.74, 6) is -0.599. The number of sulfonamides is 1. The monoisotopic (exact) mass is 404 g/mol. The first-order chi connectivity index (χ1) is 13.3. The second-order valence-electron chi connectivity index (χ2n) is 6.67. The van der Waals surface area contributed by atoms with E-state index in [2.05, 4.69) is 0 Å². The maximum atomic E-state index is 13.0. The van der Waals surface area contributed by atoms with Crippen molar-refractivity contribution in [2.75, 3.05) is 26.2 Å². The molecule has 28 heavy (non-hydrogen) atoms. The van der Waals surface area contributed by atoms with E-state index in [0.29, 0.717) is 24.2 Å². The van der Waals surface area contributed by atoms with Crippen LogP contribution in [-0.4, -0.2) is 55.5 Å². The van der Waals surface area contributed by atoms with Crippen LogP contribution in [0.25, 0.3) is 0 Å². The SMILES string of the molecule is CC(=O)c1ccc(S(=O)(=O)N2CCN(C(=O)Cc3ccc(F)cc3)CC2)cc1. The minimum atomic E-state index is -3.67. The molecule has 1 fully saturated rings. The number of ketones is 1. The quantitative estimate of drug-likeness (QED) is 0.716. The van der Waals surface area contributed by atoms with Gasteiger partial charge in [-0.1, -0.05) is 24.3 Å². The van der Waals surface area contributed by atoms with Crippen LogP contribution in [0.1, 0.15) is 22.8 Å². The molecular weight excluding hydrogens is 383 g/mol. The Morgan fingerprint density at radius 1 is 0.929 bits per heavy atom. The third kappa shape index (κ3) is 4.45. The number of Topliss-reactive ketones (excluding diaryl/α,β-unsaturated/α-hetero) is 1. The van der Waals surface area contributed by atoms with Crippen molar-refractivity contribution < 1.29 is 22.4 Å². The van der Waals surface area contributed by atoms with Gasteiger partial charge in [-0.3, -0.25) is 9.59 Å². The zero-order valence-electron chi connectivity index (χ0n) is 15.5. The van der Waals surface area contributed by atoms with Gasteiger partial charge in [0, 0.05) is 31.7 Å². The topological polar surface area (TPSA) is 74.8 Å². The molecule has 0 radical (unpaired) electrons. The lowest BCUT2D eigenvalue weighted by atomic mass is 10.1. The highest BCUT2D eigenvalue weighted by molar-refractivity contribution is 7.89. The van der Waals surface area contributed by atoms with Crippen LogP contribution in [0.15, 0.2) is 53.4 Å². The minimum absolute atomic E-state index is 0.116. The second kappa shape index (κ2) is 8.20. The highest BCUT2D eigenvalue weighted by atomic mass is 32.2. The average molecular weight is 404 g/mol. The molecule has 2 aromatic carbocycles.